The first-order chi connectivity index (χ1) is 13.4. The van der Waals surface area contributed by atoms with Crippen LogP contribution in [0.3, 0.4) is 0 Å². The van der Waals surface area contributed by atoms with Crippen molar-refractivity contribution in [1.82, 2.24) is 9.55 Å². The predicted molar refractivity (Wildman–Crippen MR) is 110 cm³/mol. The van der Waals surface area contributed by atoms with Gasteiger partial charge in [0.15, 0.2) is 0 Å². The molecule has 6 heteroatoms. The molecule has 0 aliphatic heterocycles. The molecule has 0 aliphatic rings. The summed E-state index contributed by atoms with van der Waals surface area (Å²) >= 11 is 5.95. The van der Waals surface area contributed by atoms with Gasteiger partial charge in [0.05, 0.1) is 22.8 Å². The van der Waals surface area contributed by atoms with Crippen LogP contribution < -0.4 is 11.3 Å². The first kappa shape index (κ1) is 18.3. The van der Waals surface area contributed by atoms with Crippen molar-refractivity contribution in [1.29, 1.82) is 0 Å². The van der Waals surface area contributed by atoms with Crippen LogP contribution in [-0.2, 0) is 7.05 Å². The number of benzene rings is 2. The summed E-state index contributed by atoms with van der Waals surface area (Å²) in [5, 5.41) is 0.630. The van der Waals surface area contributed by atoms with Gasteiger partial charge in [-0.05, 0) is 47.5 Å². The highest BCUT2D eigenvalue weighted by Gasteiger charge is 2.15. The molecule has 4 rings (SSSR count). The molecule has 0 saturated carbocycles. The third-order valence-electron chi connectivity index (χ3n) is 4.79. The Balaban J connectivity index is 1.92. The van der Waals surface area contributed by atoms with E-state index < -0.39 is 6.04 Å². The van der Waals surface area contributed by atoms with Crippen LogP contribution in [0.15, 0.2) is 71.5 Å². The minimum absolute atomic E-state index is 0.191. The Morgan fingerprint density at radius 2 is 1.82 bits per heavy atom. The van der Waals surface area contributed by atoms with Crippen molar-refractivity contribution in [3.8, 4) is 11.1 Å². The van der Waals surface area contributed by atoms with Gasteiger partial charge in [-0.25, -0.2) is 9.37 Å². The van der Waals surface area contributed by atoms with Crippen molar-refractivity contribution >= 4 is 22.6 Å². The van der Waals surface area contributed by atoms with Gasteiger partial charge in [0, 0.05) is 23.7 Å². The van der Waals surface area contributed by atoms with Crippen LogP contribution in [0.4, 0.5) is 4.39 Å². The van der Waals surface area contributed by atoms with Crippen LogP contribution in [0.2, 0.25) is 5.02 Å². The van der Waals surface area contributed by atoms with E-state index in [-0.39, 0.29) is 11.4 Å². The lowest BCUT2D eigenvalue weighted by molar-refractivity contribution is 0.628. The molecule has 1 unspecified atom stereocenters. The summed E-state index contributed by atoms with van der Waals surface area (Å²) in [4.78, 5) is 17.1. The summed E-state index contributed by atoms with van der Waals surface area (Å²) in [5.41, 5.74) is 10.1. The Kier molecular flexibility index (Phi) is 4.71. The van der Waals surface area contributed by atoms with Gasteiger partial charge in [0.1, 0.15) is 5.82 Å². The minimum atomic E-state index is -0.459. The smallest absolute Gasteiger partial charge is 0.251 e. The molecule has 2 aromatic carbocycles. The Morgan fingerprint density at radius 3 is 2.54 bits per heavy atom. The van der Waals surface area contributed by atoms with E-state index in [0.29, 0.717) is 32.9 Å². The SMILES string of the molecule is Cn1c(=O)cc(-c2cccc(F)c2)c2nc(C(N)c3ccc(Cl)cc3)ccc21. The quantitative estimate of drug-likeness (QED) is 0.559. The largest absolute Gasteiger partial charge is 0.319 e. The first-order valence-corrected chi connectivity index (χ1v) is 9.09. The molecule has 2 heterocycles. The fourth-order valence-corrected chi connectivity index (χ4v) is 3.36. The number of pyridine rings is 2. The standard InChI is InChI=1S/C22H17ClFN3O/c1-27-19-10-9-18(21(25)13-5-7-15(23)8-6-13)26-22(19)17(12-20(27)28)14-3-2-4-16(24)11-14/h2-12,21H,25H2,1H3. The molecule has 0 spiro atoms. The highest BCUT2D eigenvalue weighted by atomic mass is 35.5. The second kappa shape index (κ2) is 7.19. The maximum Gasteiger partial charge on any atom is 0.251 e. The summed E-state index contributed by atoms with van der Waals surface area (Å²) in [6.07, 6.45) is 0. The molecule has 2 N–H and O–H groups in total. The van der Waals surface area contributed by atoms with Crippen LogP contribution in [-0.4, -0.2) is 9.55 Å². The fourth-order valence-electron chi connectivity index (χ4n) is 3.23. The molecular weight excluding hydrogens is 377 g/mol. The van der Waals surface area contributed by atoms with Crippen molar-refractivity contribution in [2.45, 2.75) is 6.04 Å². The van der Waals surface area contributed by atoms with Crippen LogP contribution >= 0.6 is 11.6 Å². The van der Waals surface area contributed by atoms with E-state index >= 15 is 0 Å². The maximum absolute atomic E-state index is 13.8. The lowest BCUT2D eigenvalue weighted by Gasteiger charge is -2.15. The van der Waals surface area contributed by atoms with E-state index in [4.69, 9.17) is 22.3 Å². The maximum atomic E-state index is 13.8. The van der Waals surface area contributed by atoms with Crippen LogP contribution in [0.5, 0.6) is 0 Å². The van der Waals surface area contributed by atoms with Gasteiger partial charge in [-0.1, -0.05) is 35.9 Å². The monoisotopic (exact) mass is 393 g/mol. The van der Waals surface area contributed by atoms with Crippen molar-refractivity contribution in [3.05, 3.63) is 99.2 Å². The van der Waals surface area contributed by atoms with Crippen molar-refractivity contribution in [2.24, 2.45) is 12.8 Å². The summed E-state index contributed by atoms with van der Waals surface area (Å²) in [7, 11) is 1.68. The van der Waals surface area contributed by atoms with Crippen LogP contribution in [0, 0.1) is 5.82 Å². The number of fused-ring (bicyclic) bond motifs is 1. The highest BCUT2D eigenvalue weighted by molar-refractivity contribution is 6.30. The number of nitrogens with two attached hydrogens (primary N) is 1. The molecule has 2 aromatic heterocycles. The number of aryl methyl sites for hydroxylation is 1. The van der Waals surface area contributed by atoms with Crippen LogP contribution in [0.1, 0.15) is 17.3 Å². The van der Waals surface area contributed by atoms with E-state index in [1.54, 1.807) is 37.4 Å². The fraction of sp³-hybridized carbons (Fsp3) is 0.0909. The summed E-state index contributed by atoms with van der Waals surface area (Å²) < 4.78 is 15.3. The van der Waals surface area contributed by atoms with Crippen molar-refractivity contribution in [2.75, 3.05) is 0 Å². The van der Waals surface area contributed by atoms with Gasteiger partial charge in [-0.2, -0.15) is 0 Å². The normalized spacial score (nSPS) is 12.3. The zero-order chi connectivity index (χ0) is 19.8. The van der Waals surface area contributed by atoms with Crippen molar-refractivity contribution < 1.29 is 4.39 Å². The third kappa shape index (κ3) is 3.30. The van der Waals surface area contributed by atoms with Crippen molar-refractivity contribution in [3.63, 3.8) is 0 Å². The summed E-state index contributed by atoms with van der Waals surface area (Å²) in [6, 6.07) is 18.0. The highest BCUT2D eigenvalue weighted by Crippen LogP contribution is 2.28. The molecule has 140 valence electrons. The Hall–Kier alpha value is -3.02. The van der Waals surface area contributed by atoms with E-state index in [0.717, 1.165) is 5.56 Å². The second-order valence-corrected chi connectivity index (χ2v) is 7.04. The number of hydrogen-bond donors (Lipinski definition) is 1. The molecule has 0 amide bonds. The average molecular weight is 394 g/mol. The molecule has 4 nitrogen and oxygen atoms in total. The Morgan fingerprint density at radius 1 is 1.07 bits per heavy atom. The lowest BCUT2D eigenvalue weighted by Crippen LogP contribution is -2.18. The third-order valence-corrected chi connectivity index (χ3v) is 5.05. The topological polar surface area (TPSA) is 60.9 Å². The van der Waals surface area contributed by atoms with E-state index in [2.05, 4.69) is 0 Å². The predicted octanol–water partition coefficient (Wildman–Crippen LogP) is 4.44. The molecule has 4 aromatic rings. The van der Waals surface area contributed by atoms with Gasteiger partial charge in [0.25, 0.3) is 5.56 Å². The molecule has 0 aliphatic carbocycles. The van der Waals surface area contributed by atoms with Crippen LogP contribution in [0.25, 0.3) is 22.2 Å². The lowest BCUT2D eigenvalue weighted by atomic mass is 10.0. The Labute approximate surface area is 166 Å². The van der Waals surface area contributed by atoms with Gasteiger partial charge < -0.3 is 10.3 Å². The number of nitrogens with zero attached hydrogens (tertiary/aromatic N) is 2. The average Bonchev–Trinajstić information content (AvgIpc) is 2.70. The molecule has 28 heavy (non-hydrogen) atoms. The number of rotatable bonds is 3. The molecular formula is C22H17ClFN3O. The Bertz CT molecular complexity index is 1230. The zero-order valence-corrected chi connectivity index (χ0v) is 15.8. The molecule has 0 bridgehead atoms. The summed E-state index contributed by atoms with van der Waals surface area (Å²) in [5.74, 6) is -0.375. The van der Waals surface area contributed by atoms with Gasteiger partial charge in [-0.15, -0.1) is 0 Å². The van der Waals surface area contributed by atoms with E-state index in [1.807, 2.05) is 18.2 Å². The van der Waals surface area contributed by atoms with Gasteiger partial charge in [-0.3, -0.25) is 4.79 Å². The second-order valence-electron chi connectivity index (χ2n) is 6.60. The first-order valence-electron chi connectivity index (χ1n) is 8.72. The van der Waals surface area contributed by atoms with E-state index in [1.165, 1.54) is 22.8 Å². The summed E-state index contributed by atoms with van der Waals surface area (Å²) in [6.45, 7) is 0. The van der Waals surface area contributed by atoms with Gasteiger partial charge in [0.2, 0.25) is 0 Å². The number of aromatic nitrogens is 2. The molecule has 0 saturated heterocycles. The molecule has 0 radical (unpaired) electrons. The molecule has 0 fully saturated rings. The van der Waals surface area contributed by atoms with Gasteiger partial charge >= 0.3 is 0 Å². The number of halogens is 2. The molecule has 1 atom stereocenters. The minimum Gasteiger partial charge on any atom is -0.319 e. The zero-order valence-electron chi connectivity index (χ0n) is 15.1. The number of hydrogen-bond acceptors (Lipinski definition) is 3. The van der Waals surface area contributed by atoms with E-state index in [9.17, 15) is 9.18 Å².